The van der Waals surface area contributed by atoms with Crippen LogP contribution in [0, 0.1) is 5.92 Å². The molecule has 0 unspecified atom stereocenters. The summed E-state index contributed by atoms with van der Waals surface area (Å²) in [4.78, 5) is 25.4. The molecule has 1 aromatic carbocycles. The first-order valence-corrected chi connectivity index (χ1v) is 10.2. The normalized spacial score (nSPS) is 15.0. The van der Waals surface area contributed by atoms with E-state index < -0.39 is 0 Å². The Bertz CT molecular complexity index is 742. The molecule has 1 aromatic heterocycles. The van der Waals surface area contributed by atoms with Gasteiger partial charge in [-0.15, -0.1) is 0 Å². The minimum Gasteiger partial charge on any atom is -0.370 e. The summed E-state index contributed by atoms with van der Waals surface area (Å²) in [5.74, 6) is 1.37. The maximum absolute atomic E-state index is 12.8. The van der Waals surface area contributed by atoms with Crippen molar-refractivity contribution >= 4 is 11.7 Å². The molecule has 0 spiro atoms. The van der Waals surface area contributed by atoms with E-state index in [0.29, 0.717) is 11.6 Å². The number of benzene rings is 1. The van der Waals surface area contributed by atoms with Crippen molar-refractivity contribution in [3.8, 4) is 0 Å². The smallest absolute Gasteiger partial charge is 0.272 e. The summed E-state index contributed by atoms with van der Waals surface area (Å²) in [6.07, 6.45) is 5.68. The number of hydrogen-bond acceptors (Lipinski definition) is 5. The highest BCUT2D eigenvalue weighted by Crippen LogP contribution is 2.22. The van der Waals surface area contributed by atoms with Crippen LogP contribution in [0.1, 0.15) is 35.3 Å². The molecule has 0 bridgehead atoms. The van der Waals surface area contributed by atoms with E-state index in [-0.39, 0.29) is 5.91 Å². The van der Waals surface area contributed by atoms with E-state index >= 15 is 0 Å². The lowest BCUT2D eigenvalue weighted by molar-refractivity contribution is 0.0684. The van der Waals surface area contributed by atoms with Gasteiger partial charge >= 0.3 is 0 Å². The molecule has 0 radical (unpaired) electrons. The second-order valence-corrected chi connectivity index (χ2v) is 7.80. The van der Waals surface area contributed by atoms with E-state index in [9.17, 15) is 4.79 Å². The minimum absolute atomic E-state index is 0.0110. The number of nitrogens with zero attached hydrogens (tertiary/aromatic N) is 4. The first-order valence-electron chi connectivity index (χ1n) is 10.2. The SMILES string of the molecule is CN(C)CCCNc1cc(C(=O)N2CCC(Cc3ccccc3)CC2)ncn1. The molecule has 28 heavy (non-hydrogen) atoms. The summed E-state index contributed by atoms with van der Waals surface area (Å²) >= 11 is 0. The molecule has 150 valence electrons. The molecule has 0 atom stereocenters. The van der Waals surface area contributed by atoms with Gasteiger partial charge in [-0.25, -0.2) is 9.97 Å². The quantitative estimate of drug-likeness (QED) is 0.713. The molecular formula is C22H31N5O. The molecule has 1 amide bonds. The van der Waals surface area contributed by atoms with Crippen molar-refractivity contribution < 1.29 is 4.79 Å². The van der Waals surface area contributed by atoms with Gasteiger partial charge in [0.25, 0.3) is 5.91 Å². The summed E-state index contributed by atoms with van der Waals surface area (Å²) in [6.45, 7) is 3.44. The summed E-state index contributed by atoms with van der Waals surface area (Å²) in [5.41, 5.74) is 1.86. The largest absolute Gasteiger partial charge is 0.370 e. The second-order valence-electron chi connectivity index (χ2n) is 7.80. The van der Waals surface area contributed by atoms with Crippen LogP contribution >= 0.6 is 0 Å². The Hall–Kier alpha value is -2.47. The first-order chi connectivity index (χ1) is 13.6. The Kier molecular flexibility index (Phi) is 7.37. The maximum Gasteiger partial charge on any atom is 0.272 e. The number of carbonyl (C=O) groups is 1. The Labute approximate surface area is 168 Å². The zero-order chi connectivity index (χ0) is 19.8. The van der Waals surface area contributed by atoms with E-state index in [0.717, 1.165) is 57.7 Å². The Balaban J connectivity index is 1.48. The third kappa shape index (κ3) is 6.02. The van der Waals surface area contributed by atoms with Crippen LogP contribution in [-0.2, 0) is 6.42 Å². The predicted octanol–water partition coefficient (Wildman–Crippen LogP) is 2.94. The van der Waals surface area contributed by atoms with Crippen molar-refractivity contribution in [2.45, 2.75) is 25.7 Å². The van der Waals surface area contributed by atoms with Crippen molar-refractivity contribution in [2.75, 3.05) is 45.6 Å². The standard InChI is InChI=1S/C22H31N5O/c1-26(2)12-6-11-23-21-16-20(24-17-25-21)22(28)27-13-9-19(10-14-27)15-18-7-4-3-5-8-18/h3-5,7-8,16-17,19H,6,9-15H2,1-2H3,(H,23,24,25). The van der Waals surface area contributed by atoms with Gasteiger partial charge in [-0.1, -0.05) is 30.3 Å². The van der Waals surface area contributed by atoms with Crippen LogP contribution < -0.4 is 5.32 Å². The van der Waals surface area contributed by atoms with Gasteiger partial charge in [0, 0.05) is 25.7 Å². The number of amides is 1. The second kappa shape index (κ2) is 10.2. The molecular weight excluding hydrogens is 350 g/mol. The molecule has 0 aliphatic carbocycles. The predicted molar refractivity (Wildman–Crippen MR) is 112 cm³/mol. The van der Waals surface area contributed by atoms with Crippen molar-refractivity contribution in [2.24, 2.45) is 5.92 Å². The fraction of sp³-hybridized carbons (Fsp3) is 0.500. The van der Waals surface area contributed by atoms with Gasteiger partial charge in [0.2, 0.25) is 0 Å². The van der Waals surface area contributed by atoms with Crippen molar-refractivity contribution in [3.05, 3.63) is 54.0 Å². The third-order valence-corrected chi connectivity index (χ3v) is 5.24. The lowest BCUT2D eigenvalue weighted by Gasteiger charge is -2.32. The van der Waals surface area contributed by atoms with E-state index in [4.69, 9.17) is 0 Å². The molecule has 6 nitrogen and oxygen atoms in total. The number of anilines is 1. The highest BCUT2D eigenvalue weighted by Gasteiger charge is 2.24. The number of likely N-dealkylation sites (tertiary alicyclic amines) is 1. The Morgan fingerprint density at radius 1 is 1.18 bits per heavy atom. The topological polar surface area (TPSA) is 61.4 Å². The Morgan fingerprint density at radius 2 is 1.93 bits per heavy atom. The molecule has 3 rings (SSSR count). The summed E-state index contributed by atoms with van der Waals surface area (Å²) < 4.78 is 0. The zero-order valence-electron chi connectivity index (χ0n) is 17.0. The molecule has 1 saturated heterocycles. The van der Waals surface area contributed by atoms with Crippen LogP contribution in [0.15, 0.2) is 42.7 Å². The summed E-state index contributed by atoms with van der Waals surface area (Å²) in [5, 5.41) is 3.28. The molecule has 1 N–H and O–H groups in total. The number of rotatable bonds is 8. The van der Waals surface area contributed by atoms with E-state index in [1.807, 2.05) is 4.90 Å². The summed E-state index contributed by atoms with van der Waals surface area (Å²) in [6, 6.07) is 12.4. The molecule has 2 aromatic rings. The molecule has 1 aliphatic rings. The van der Waals surface area contributed by atoms with Gasteiger partial charge in [-0.05, 0) is 57.8 Å². The van der Waals surface area contributed by atoms with Crippen LogP contribution in [0.5, 0.6) is 0 Å². The molecule has 6 heteroatoms. The van der Waals surface area contributed by atoms with Gasteiger partial charge in [0.15, 0.2) is 0 Å². The van der Waals surface area contributed by atoms with E-state index in [1.54, 1.807) is 6.07 Å². The molecule has 1 fully saturated rings. The average Bonchev–Trinajstić information content (AvgIpc) is 2.72. The lowest BCUT2D eigenvalue weighted by Crippen LogP contribution is -2.39. The highest BCUT2D eigenvalue weighted by atomic mass is 16.2. The number of aromatic nitrogens is 2. The van der Waals surface area contributed by atoms with Crippen molar-refractivity contribution in [3.63, 3.8) is 0 Å². The lowest BCUT2D eigenvalue weighted by atomic mass is 9.90. The van der Waals surface area contributed by atoms with E-state index in [1.165, 1.54) is 11.9 Å². The first kappa shape index (κ1) is 20.3. The van der Waals surface area contributed by atoms with Crippen LogP contribution in [0.25, 0.3) is 0 Å². The minimum atomic E-state index is 0.0110. The van der Waals surface area contributed by atoms with Gasteiger partial charge in [0.1, 0.15) is 17.8 Å². The van der Waals surface area contributed by atoms with Crippen LogP contribution in [-0.4, -0.2) is 65.9 Å². The Morgan fingerprint density at radius 3 is 2.64 bits per heavy atom. The molecule has 1 aliphatic heterocycles. The van der Waals surface area contributed by atoms with Crippen molar-refractivity contribution in [1.29, 1.82) is 0 Å². The van der Waals surface area contributed by atoms with Crippen LogP contribution in [0.3, 0.4) is 0 Å². The van der Waals surface area contributed by atoms with Gasteiger partial charge in [-0.3, -0.25) is 4.79 Å². The average molecular weight is 382 g/mol. The van der Waals surface area contributed by atoms with Crippen LogP contribution in [0.4, 0.5) is 5.82 Å². The summed E-state index contributed by atoms with van der Waals surface area (Å²) in [7, 11) is 4.12. The van der Waals surface area contributed by atoms with Crippen molar-refractivity contribution in [1.82, 2.24) is 19.8 Å². The van der Waals surface area contributed by atoms with Gasteiger partial charge in [-0.2, -0.15) is 0 Å². The van der Waals surface area contributed by atoms with E-state index in [2.05, 4.69) is 64.6 Å². The van der Waals surface area contributed by atoms with Crippen LogP contribution in [0.2, 0.25) is 0 Å². The fourth-order valence-electron chi connectivity index (χ4n) is 3.63. The molecule has 0 saturated carbocycles. The fourth-order valence-corrected chi connectivity index (χ4v) is 3.63. The van der Waals surface area contributed by atoms with Gasteiger partial charge < -0.3 is 15.1 Å². The molecule has 2 heterocycles. The third-order valence-electron chi connectivity index (χ3n) is 5.24. The number of piperidine rings is 1. The zero-order valence-corrected chi connectivity index (χ0v) is 17.0. The monoisotopic (exact) mass is 381 g/mol. The number of carbonyl (C=O) groups excluding carboxylic acids is 1. The maximum atomic E-state index is 12.8. The number of hydrogen-bond donors (Lipinski definition) is 1. The van der Waals surface area contributed by atoms with Gasteiger partial charge in [0.05, 0.1) is 0 Å². The highest BCUT2D eigenvalue weighted by molar-refractivity contribution is 5.92. The number of nitrogens with one attached hydrogen (secondary N) is 1.